The standard InChI is InChI=1S/C16H28N7O13P3S.3Na/c1-8(17)18-4-2-3-5-19-16-21-13-10(14(40)22-16)20-7-23(13)15-12(25)11(24)9(34-15)6-33-38(29,30)36-39(31,32)35-37(26,27)28;;;/h7,9,11-12,15,24-25H,2-6H2,1H3,(H2,17,18)(H,29,30)(H,31,32)(H2,26,27,28)(H2,19,21,22,40);;;/q;3*+1/p-3/t9-,11+,12?,15-;;;/m1.../s1. The molecule has 20 nitrogen and oxygen atoms in total. The zero-order chi connectivity index (χ0) is 29.9. The first-order chi connectivity index (χ1) is 18.5. The van der Waals surface area contributed by atoms with Crippen molar-refractivity contribution in [3.63, 3.8) is 0 Å². The fraction of sp³-hybridized carbons (Fsp3) is 0.625. The monoisotopic (exact) mass is 717 g/mol. The summed E-state index contributed by atoms with van der Waals surface area (Å²) in [5, 5.41) is 24.0. The molecule has 226 valence electrons. The number of aliphatic imine (C=N–C) groups is 1. The summed E-state index contributed by atoms with van der Waals surface area (Å²) < 4.78 is 51.6. The number of fused-ring (bicyclic) bond motifs is 1. The van der Waals surface area contributed by atoms with E-state index in [9.17, 15) is 38.6 Å². The van der Waals surface area contributed by atoms with Gasteiger partial charge in [-0.3, -0.25) is 23.3 Å². The molecule has 0 amide bonds. The van der Waals surface area contributed by atoms with Crippen molar-refractivity contribution in [1.29, 1.82) is 0 Å². The van der Waals surface area contributed by atoms with E-state index in [1.807, 2.05) is 0 Å². The molecule has 4 unspecified atom stereocenters. The number of imidazole rings is 1. The van der Waals surface area contributed by atoms with Crippen LogP contribution in [0.5, 0.6) is 0 Å². The van der Waals surface area contributed by atoms with Crippen molar-refractivity contribution < 1.29 is 150 Å². The maximum atomic E-state index is 11.8. The van der Waals surface area contributed by atoms with Crippen molar-refractivity contribution in [3.8, 4) is 0 Å². The number of rotatable bonds is 14. The molecule has 7 atom stereocenters. The number of nitrogens with zero attached hydrogens (tertiary/aromatic N) is 4. The number of aliphatic hydroxyl groups excluding tert-OH is 2. The van der Waals surface area contributed by atoms with Crippen LogP contribution in [0.4, 0.5) is 5.95 Å². The third-order valence-electron chi connectivity index (χ3n) is 5.10. The minimum atomic E-state index is -6.11. The van der Waals surface area contributed by atoms with Crippen LogP contribution in [-0.4, -0.2) is 78.5 Å². The zero-order valence-electron chi connectivity index (χ0n) is 23.5. The second kappa shape index (κ2) is 18.8. The van der Waals surface area contributed by atoms with E-state index in [1.165, 1.54) is 10.9 Å². The number of aliphatic hydroxyl groups is 2. The molecule has 3 heterocycles. The Morgan fingerprint density at radius 3 is 2.44 bits per heavy atom. The third-order valence-corrected chi connectivity index (χ3v) is 9.07. The normalized spacial score (nSPS) is 24.5. The molecule has 1 aliphatic rings. The molecule has 0 bridgehead atoms. The molecule has 27 heteroatoms. The van der Waals surface area contributed by atoms with Gasteiger partial charge >= 0.3 is 88.7 Å². The van der Waals surface area contributed by atoms with Gasteiger partial charge in [0.25, 0.3) is 23.5 Å². The second-order valence-electron chi connectivity index (χ2n) is 8.26. The molecule has 43 heavy (non-hydrogen) atoms. The molecule has 1 aliphatic heterocycles. The predicted molar refractivity (Wildman–Crippen MR) is 132 cm³/mol. The summed E-state index contributed by atoms with van der Waals surface area (Å²) >= 11 is 5.27. The largest absolute Gasteiger partial charge is 1.00 e. The van der Waals surface area contributed by atoms with Gasteiger partial charge in [0.1, 0.15) is 29.5 Å². The Kier molecular flexibility index (Phi) is 19.3. The van der Waals surface area contributed by atoms with Crippen LogP contribution in [0.3, 0.4) is 0 Å². The minimum Gasteiger partial charge on any atom is -0.756 e. The summed E-state index contributed by atoms with van der Waals surface area (Å²) in [6, 6.07) is 0. The Morgan fingerprint density at radius 2 is 1.84 bits per heavy atom. The SMILES string of the molecule is CC(N)=NCCCCNc1nc(=S)c2ncn([C@@H]3O[C@H](COP(=O)([O-])OP(=O)([O-])OP(=O)([O-])O)[C@H](O)C3O)c2[nH]1.[Na+].[Na+].[Na+]. The van der Waals surface area contributed by atoms with Crippen LogP contribution in [0.15, 0.2) is 11.3 Å². The van der Waals surface area contributed by atoms with E-state index < -0.39 is 54.6 Å². The molecular weight excluding hydrogens is 692 g/mol. The number of aromatic amines is 1. The van der Waals surface area contributed by atoms with Gasteiger partial charge < -0.3 is 55.1 Å². The zero-order valence-corrected chi connectivity index (χ0v) is 33.0. The van der Waals surface area contributed by atoms with Crippen molar-refractivity contribution >= 4 is 58.6 Å². The second-order valence-corrected chi connectivity index (χ2v) is 12.9. The first kappa shape index (κ1) is 44.3. The Bertz CT molecular complexity index is 1440. The quantitative estimate of drug-likeness (QED) is 0.0264. The van der Waals surface area contributed by atoms with Gasteiger partial charge in [0.2, 0.25) is 5.95 Å². The number of ether oxygens (including phenoxy) is 1. The number of hydrogen-bond acceptors (Lipinski definition) is 17. The summed E-state index contributed by atoms with van der Waals surface area (Å²) in [4.78, 5) is 57.5. The van der Waals surface area contributed by atoms with Gasteiger partial charge in [0.15, 0.2) is 10.9 Å². The molecule has 0 aliphatic carbocycles. The molecule has 0 saturated carbocycles. The average Bonchev–Trinajstić information content (AvgIpc) is 3.33. The van der Waals surface area contributed by atoms with E-state index in [-0.39, 0.29) is 110 Å². The minimum absolute atomic E-state index is 0. The Hall–Kier alpha value is 1.33. The first-order valence-electron chi connectivity index (χ1n) is 11.2. The van der Waals surface area contributed by atoms with Gasteiger partial charge in [-0.15, -0.1) is 0 Å². The number of amidine groups is 1. The molecule has 7 N–H and O–H groups in total. The molecular formula is C16H25N7Na3O13P3S. The van der Waals surface area contributed by atoms with E-state index in [0.29, 0.717) is 18.9 Å². The molecule has 0 aromatic carbocycles. The number of nitrogens with two attached hydrogens (primary N) is 1. The topological polar surface area (TPSA) is 315 Å². The number of phosphoric acid groups is 3. The maximum absolute atomic E-state index is 11.8. The maximum Gasteiger partial charge on any atom is 1.00 e. The molecule has 2 aromatic heterocycles. The molecule has 2 aromatic rings. The Morgan fingerprint density at radius 1 is 1.19 bits per heavy atom. The average molecular weight is 717 g/mol. The summed E-state index contributed by atoms with van der Waals surface area (Å²) in [6.45, 7) is 1.68. The van der Waals surface area contributed by atoms with E-state index in [0.717, 1.165) is 12.8 Å². The van der Waals surface area contributed by atoms with Crippen LogP contribution in [0.2, 0.25) is 0 Å². The molecule has 0 spiro atoms. The van der Waals surface area contributed by atoms with E-state index in [4.69, 9.17) is 27.6 Å². The summed E-state index contributed by atoms with van der Waals surface area (Å²) in [5.41, 5.74) is 5.95. The van der Waals surface area contributed by atoms with Crippen LogP contribution in [0.25, 0.3) is 11.2 Å². The van der Waals surface area contributed by atoms with Crippen molar-refractivity contribution in [2.75, 3.05) is 25.0 Å². The van der Waals surface area contributed by atoms with Crippen LogP contribution >= 0.6 is 35.7 Å². The number of H-pyrrole nitrogens is 1. The number of anilines is 1. The van der Waals surface area contributed by atoms with E-state index >= 15 is 0 Å². The number of nitrogens with one attached hydrogen (secondary N) is 2. The number of hydrogen-bond donors (Lipinski definition) is 6. The summed E-state index contributed by atoms with van der Waals surface area (Å²) in [5.74, 6) is 0.756. The van der Waals surface area contributed by atoms with Crippen LogP contribution in [0, 0.1) is 4.64 Å². The van der Waals surface area contributed by atoms with Crippen molar-refractivity contribution in [3.05, 3.63) is 11.0 Å². The summed E-state index contributed by atoms with van der Waals surface area (Å²) in [7, 11) is -17.8. The molecule has 1 saturated heterocycles. The number of phosphoric ester groups is 1. The summed E-state index contributed by atoms with van der Waals surface area (Å²) in [6.07, 6.45) is -3.61. The number of unbranched alkanes of at least 4 members (excludes halogenated alkanes) is 1. The molecule has 1 fully saturated rings. The molecule has 0 radical (unpaired) electrons. The van der Waals surface area contributed by atoms with Gasteiger partial charge in [-0.1, -0.05) is 12.2 Å². The van der Waals surface area contributed by atoms with E-state index in [1.54, 1.807) is 6.92 Å². The van der Waals surface area contributed by atoms with Crippen LogP contribution in [-0.2, 0) is 31.6 Å². The smallest absolute Gasteiger partial charge is 0.756 e. The number of aromatic nitrogens is 4. The molecule has 3 rings (SSSR count). The first-order valence-corrected chi connectivity index (χ1v) is 16.0. The van der Waals surface area contributed by atoms with E-state index in [2.05, 4.69) is 38.4 Å². The van der Waals surface area contributed by atoms with Crippen LogP contribution < -0.4 is 114 Å². The van der Waals surface area contributed by atoms with Crippen molar-refractivity contribution in [2.24, 2.45) is 10.7 Å². The fourth-order valence-electron chi connectivity index (χ4n) is 3.46. The third kappa shape index (κ3) is 13.8. The van der Waals surface area contributed by atoms with Crippen molar-refractivity contribution in [1.82, 2.24) is 19.5 Å². The van der Waals surface area contributed by atoms with Gasteiger partial charge in [-0.2, -0.15) is 0 Å². The predicted octanol–water partition coefficient (Wildman–Crippen LogP) is -10.9. The van der Waals surface area contributed by atoms with Gasteiger partial charge in [-0.05, 0) is 19.8 Å². The van der Waals surface area contributed by atoms with Gasteiger partial charge in [0.05, 0.1) is 18.8 Å². The fourth-order valence-corrected chi connectivity index (χ4v) is 6.60. The van der Waals surface area contributed by atoms with Gasteiger partial charge in [-0.25, -0.2) is 18.6 Å². The van der Waals surface area contributed by atoms with Gasteiger partial charge in [0, 0.05) is 13.1 Å². The van der Waals surface area contributed by atoms with Crippen LogP contribution in [0.1, 0.15) is 26.0 Å². The Balaban J connectivity index is 0.00000588. The van der Waals surface area contributed by atoms with Crippen molar-refractivity contribution in [2.45, 2.75) is 44.3 Å². The Labute approximate surface area is 315 Å².